The minimum atomic E-state index is -1.23. The van der Waals surface area contributed by atoms with Gasteiger partial charge in [-0.1, -0.05) is 69.7 Å². The van der Waals surface area contributed by atoms with Crippen molar-refractivity contribution in [3.8, 4) is 0 Å². The Balaban J connectivity index is 1.71. The molecule has 0 aliphatic carbocycles. The van der Waals surface area contributed by atoms with Crippen LogP contribution in [0.3, 0.4) is 0 Å². The van der Waals surface area contributed by atoms with E-state index < -0.39 is 22.9 Å². The van der Waals surface area contributed by atoms with Gasteiger partial charge in [-0.2, -0.15) is 0 Å². The van der Waals surface area contributed by atoms with Crippen LogP contribution in [0.1, 0.15) is 49.0 Å². The summed E-state index contributed by atoms with van der Waals surface area (Å²) in [5, 5.41) is 6.53. The summed E-state index contributed by atoms with van der Waals surface area (Å²) in [4.78, 5) is 30.8. The summed E-state index contributed by atoms with van der Waals surface area (Å²) in [5.74, 6) is 0.0682. The minimum absolute atomic E-state index is 0.0269. The van der Waals surface area contributed by atoms with Gasteiger partial charge in [0, 0.05) is 28.3 Å². The lowest BCUT2D eigenvalue weighted by Gasteiger charge is -2.23. The van der Waals surface area contributed by atoms with Crippen molar-refractivity contribution in [3.63, 3.8) is 0 Å². The molecule has 0 spiro atoms. The van der Waals surface area contributed by atoms with Gasteiger partial charge < -0.3 is 10.6 Å². The molecule has 3 unspecified atom stereocenters. The van der Waals surface area contributed by atoms with E-state index in [4.69, 9.17) is 0 Å². The Bertz CT molecular complexity index is 1070. The minimum Gasteiger partial charge on any atom is -0.344 e. The molecule has 0 aliphatic heterocycles. The topological polar surface area (TPSA) is 88.2 Å². The molecular formula is C25H31N3O3S2. The molecule has 0 radical (unpaired) electrons. The number of hydrogen-bond acceptors (Lipinski definition) is 6. The zero-order valence-corrected chi connectivity index (χ0v) is 20.9. The van der Waals surface area contributed by atoms with Crippen molar-refractivity contribution < 1.29 is 13.8 Å². The van der Waals surface area contributed by atoms with Gasteiger partial charge in [-0.3, -0.25) is 13.8 Å². The number of benzene rings is 2. The standard InChI is InChI=1S/C25H31N3O3S2/c1-4-10-20(23(29)25-28-19-13-8-9-14-22(19)32-25)27-24(30)21(26-17(2)3)16-33(31)15-18-11-6-5-7-12-18/h5-9,11-14,17,20-21,26H,4,10,15-16H2,1-3H3,(H,27,30). The van der Waals surface area contributed by atoms with E-state index in [9.17, 15) is 13.8 Å². The van der Waals surface area contributed by atoms with E-state index in [0.29, 0.717) is 17.2 Å². The smallest absolute Gasteiger partial charge is 0.238 e. The van der Waals surface area contributed by atoms with Crippen LogP contribution in [-0.2, 0) is 21.3 Å². The van der Waals surface area contributed by atoms with E-state index in [-0.39, 0.29) is 23.5 Å². The van der Waals surface area contributed by atoms with Crippen LogP contribution in [0.2, 0.25) is 0 Å². The van der Waals surface area contributed by atoms with E-state index in [1.165, 1.54) is 11.3 Å². The van der Waals surface area contributed by atoms with Gasteiger partial charge >= 0.3 is 0 Å². The fraction of sp³-hybridized carbons (Fsp3) is 0.400. The van der Waals surface area contributed by atoms with Crippen molar-refractivity contribution in [2.45, 2.75) is 57.5 Å². The second kappa shape index (κ2) is 12.2. The number of rotatable bonds is 12. The van der Waals surface area contributed by atoms with Crippen LogP contribution in [0, 0.1) is 0 Å². The first kappa shape index (κ1) is 25.2. The predicted octanol–water partition coefficient (Wildman–Crippen LogP) is 4.08. The van der Waals surface area contributed by atoms with Gasteiger partial charge in [-0.05, 0) is 24.1 Å². The summed E-state index contributed by atoms with van der Waals surface area (Å²) < 4.78 is 13.7. The Hall–Kier alpha value is -2.42. The van der Waals surface area contributed by atoms with E-state index in [1.54, 1.807) is 0 Å². The maximum absolute atomic E-state index is 13.2. The molecule has 3 atom stereocenters. The van der Waals surface area contributed by atoms with Crippen LogP contribution in [0.5, 0.6) is 0 Å². The molecular weight excluding hydrogens is 454 g/mol. The summed E-state index contributed by atoms with van der Waals surface area (Å²) in [5.41, 5.74) is 1.75. The highest BCUT2D eigenvalue weighted by atomic mass is 32.2. The number of fused-ring (bicyclic) bond motifs is 1. The molecule has 3 rings (SSSR count). The fourth-order valence-corrected chi connectivity index (χ4v) is 5.82. The quantitative estimate of drug-likeness (QED) is 0.378. The molecule has 0 bridgehead atoms. The molecule has 2 aromatic carbocycles. The predicted molar refractivity (Wildman–Crippen MR) is 136 cm³/mol. The molecule has 1 aromatic heterocycles. The van der Waals surface area contributed by atoms with E-state index in [2.05, 4.69) is 15.6 Å². The Labute approximate surface area is 201 Å². The first-order valence-electron chi connectivity index (χ1n) is 11.2. The van der Waals surface area contributed by atoms with Crippen molar-refractivity contribution in [1.29, 1.82) is 0 Å². The molecule has 0 fully saturated rings. The first-order valence-corrected chi connectivity index (χ1v) is 13.5. The van der Waals surface area contributed by atoms with Crippen LogP contribution in [0.25, 0.3) is 10.2 Å². The van der Waals surface area contributed by atoms with Gasteiger partial charge in [0.1, 0.15) is 0 Å². The number of carbonyl (C=O) groups is 2. The average Bonchev–Trinajstić information content (AvgIpc) is 3.22. The number of carbonyl (C=O) groups excluding carboxylic acids is 2. The molecule has 0 aliphatic rings. The number of amides is 1. The molecule has 176 valence electrons. The van der Waals surface area contributed by atoms with E-state index >= 15 is 0 Å². The summed E-state index contributed by atoms with van der Waals surface area (Å²) in [7, 11) is -1.23. The molecule has 1 heterocycles. The van der Waals surface area contributed by atoms with Gasteiger partial charge in [-0.25, -0.2) is 4.98 Å². The maximum atomic E-state index is 13.2. The number of para-hydroxylation sites is 1. The van der Waals surface area contributed by atoms with Gasteiger partial charge in [0.05, 0.1) is 22.3 Å². The average molecular weight is 486 g/mol. The van der Waals surface area contributed by atoms with Crippen molar-refractivity contribution in [2.24, 2.45) is 0 Å². The number of Topliss-reactive ketones (excluding diaryl/α,β-unsaturated/α-hetero) is 1. The lowest BCUT2D eigenvalue weighted by molar-refractivity contribution is -0.123. The lowest BCUT2D eigenvalue weighted by Crippen LogP contribution is -2.53. The molecule has 33 heavy (non-hydrogen) atoms. The Kier molecular flexibility index (Phi) is 9.29. The third kappa shape index (κ3) is 7.28. The third-order valence-corrected chi connectivity index (χ3v) is 7.50. The number of ketones is 1. The van der Waals surface area contributed by atoms with Crippen molar-refractivity contribution >= 4 is 44.0 Å². The van der Waals surface area contributed by atoms with Gasteiger partial charge in [0.2, 0.25) is 11.7 Å². The zero-order chi connectivity index (χ0) is 23.8. The number of nitrogens with one attached hydrogen (secondary N) is 2. The summed E-state index contributed by atoms with van der Waals surface area (Å²) in [6.45, 7) is 5.86. The van der Waals surface area contributed by atoms with Crippen LogP contribution >= 0.6 is 11.3 Å². The Morgan fingerprint density at radius 1 is 1.03 bits per heavy atom. The number of thiazole rings is 1. The SMILES string of the molecule is CCCC(NC(=O)C(CS(=O)Cc1ccccc1)NC(C)C)C(=O)c1nc2ccccc2s1. The molecule has 0 saturated carbocycles. The van der Waals surface area contributed by atoms with Crippen LogP contribution < -0.4 is 10.6 Å². The highest BCUT2D eigenvalue weighted by Gasteiger charge is 2.29. The molecule has 0 saturated heterocycles. The van der Waals surface area contributed by atoms with Crippen molar-refractivity contribution in [1.82, 2.24) is 15.6 Å². The molecule has 6 nitrogen and oxygen atoms in total. The first-order chi connectivity index (χ1) is 15.9. The van der Waals surface area contributed by atoms with E-state index in [1.807, 2.05) is 75.4 Å². The summed E-state index contributed by atoms with van der Waals surface area (Å²) >= 11 is 1.34. The third-order valence-electron chi connectivity index (χ3n) is 5.09. The molecule has 1 amide bonds. The zero-order valence-electron chi connectivity index (χ0n) is 19.2. The molecule has 2 N–H and O–H groups in total. The maximum Gasteiger partial charge on any atom is 0.238 e. The van der Waals surface area contributed by atoms with Gasteiger partial charge in [0.15, 0.2) is 5.01 Å². The number of aromatic nitrogens is 1. The highest BCUT2D eigenvalue weighted by molar-refractivity contribution is 7.84. The number of nitrogens with zero attached hydrogens (tertiary/aromatic N) is 1. The summed E-state index contributed by atoms with van der Waals surface area (Å²) in [6.07, 6.45) is 1.26. The van der Waals surface area contributed by atoms with Crippen molar-refractivity contribution in [2.75, 3.05) is 5.75 Å². The second-order valence-electron chi connectivity index (χ2n) is 8.31. The Morgan fingerprint density at radius 2 is 1.73 bits per heavy atom. The normalized spacial score (nSPS) is 14.2. The Morgan fingerprint density at radius 3 is 2.39 bits per heavy atom. The fourth-order valence-electron chi connectivity index (χ4n) is 3.56. The molecule has 3 aromatic rings. The summed E-state index contributed by atoms with van der Waals surface area (Å²) in [6, 6.07) is 15.9. The second-order valence-corrected chi connectivity index (χ2v) is 10.8. The largest absolute Gasteiger partial charge is 0.344 e. The number of hydrogen-bond donors (Lipinski definition) is 2. The molecule has 8 heteroatoms. The monoisotopic (exact) mass is 485 g/mol. The van der Waals surface area contributed by atoms with Crippen LogP contribution in [0.4, 0.5) is 0 Å². The van der Waals surface area contributed by atoms with E-state index in [0.717, 1.165) is 22.2 Å². The van der Waals surface area contributed by atoms with Gasteiger partial charge in [-0.15, -0.1) is 11.3 Å². The van der Waals surface area contributed by atoms with Crippen LogP contribution in [-0.4, -0.2) is 44.8 Å². The van der Waals surface area contributed by atoms with Gasteiger partial charge in [0.25, 0.3) is 0 Å². The highest BCUT2D eigenvalue weighted by Crippen LogP contribution is 2.23. The van der Waals surface area contributed by atoms with Crippen molar-refractivity contribution in [3.05, 3.63) is 65.2 Å². The van der Waals surface area contributed by atoms with Crippen LogP contribution in [0.15, 0.2) is 54.6 Å². The lowest BCUT2D eigenvalue weighted by atomic mass is 10.1.